The Labute approximate surface area is 256 Å². The molecule has 0 heterocycles. The van der Waals surface area contributed by atoms with Crippen LogP contribution in [-0.4, -0.2) is 6.94 Å². The quantitative estimate of drug-likeness (QED) is 0.165. The van der Waals surface area contributed by atoms with E-state index in [4.69, 9.17) is 0 Å². The van der Waals surface area contributed by atoms with Gasteiger partial charge in [0.25, 0.3) is 0 Å². The van der Waals surface area contributed by atoms with Crippen LogP contribution in [0.2, 0.25) is 18.2 Å². The number of fused-ring (bicyclic) bond motifs is 2. The van der Waals surface area contributed by atoms with E-state index >= 15 is 0 Å². The Balaban J connectivity index is 1.48. The van der Waals surface area contributed by atoms with Crippen LogP contribution in [0.3, 0.4) is 0 Å². The Morgan fingerprint density at radius 3 is 1.28 bits per heavy atom. The first-order valence-corrected chi connectivity index (χ1v) is 42.3. The van der Waals surface area contributed by atoms with Crippen molar-refractivity contribution in [2.75, 3.05) is 0 Å². The zero-order chi connectivity index (χ0) is 30.9. The second-order valence-corrected chi connectivity index (χ2v) is 100. The summed E-state index contributed by atoms with van der Waals surface area (Å²) in [5.74, 6) is 1.09. The van der Waals surface area contributed by atoms with Crippen molar-refractivity contribution in [3.8, 4) is 22.3 Å². The summed E-state index contributed by atoms with van der Waals surface area (Å²) >= 11 is -4.82. The van der Waals surface area contributed by atoms with Crippen molar-refractivity contribution in [2.24, 2.45) is 0 Å². The Kier molecular flexibility index (Phi) is 6.55. The molecule has 222 valence electrons. The van der Waals surface area contributed by atoms with Crippen LogP contribution in [0.1, 0.15) is 87.2 Å². The molecular weight excluding hydrogens is 699 g/mol. The summed E-state index contributed by atoms with van der Waals surface area (Å²) in [6.07, 6.45) is 10.1. The molecule has 0 N–H and O–H groups in total. The Morgan fingerprint density at radius 2 is 0.953 bits per heavy atom. The van der Waals surface area contributed by atoms with Gasteiger partial charge in [0.1, 0.15) is 0 Å². The van der Waals surface area contributed by atoms with E-state index in [1.807, 2.05) is 0 Å². The Bertz CT molecular complexity index is 1800. The predicted molar refractivity (Wildman–Crippen MR) is 192 cm³/mol. The molecule has 2 aliphatic carbocycles. The van der Waals surface area contributed by atoms with Crippen molar-refractivity contribution >= 4 is 19.1 Å². The maximum absolute atomic E-state index is 4.82. The van der Waals surface area contributed by atoms with E-state index in [-0.39, 0.29) is 0 Å². The van der Waals surface area contributed by atoms with Crippen molar-refractivity contribution in [3.05, 3.63) is 130 Å². The summed E-state index contributed by atoms with van der Waals surface area (Å²) in [7, 11) is 0. The Hall–Kier alpha value is -2.55. The average molecular weight is 749 g/mol. The van der Waals surface area contributed by atoms with Crippen molar-refractivity contribution in [2.45, 2.75) is 72.0 Å². The second kappa shape index (κ2) is 9.24. The fourth-order valence-corrected chi connectivity index (χ4v) is 39.4. The molecule has 0 saturated carbocycles. The van der Waals surface area contributed by atoms with Crippen molar-refractivity contribution in [1.82, 2.24) is 0 Å². The van der Waals surface area contributed by atoms with Gasteiger partial charge >= 0.3 is 258 Å². The number of rotatable bonds is 7. The molecular formula is C41H50HfSi. The molecule has 2 unspecified atom stereocenters. The predicted octanol–water partition coefficient (Wildman–Crippen LogP) is 12.0. The van der Waals surface area contributed by atoms with Gasteiger partial charge in [0.2, 0.25) is 0 Å². The molecule has 0 bridgehead atoms. The van der Waals surface area contributed by atoms with E-state index in [9.17, 15) is 0 Å². The number of benzene rings is 4. The molecule has 0 fully saturated rings. The van der Waals surface area contributed by atoms with Crippen molar-refractivity contribution < 1.29 is 14.2 Å². The molecule has 0 radical (unpaired) electrons. The van der Waals surface area contributed by atoms with Gasteiger partial charge in [0.15, 0.2) is 0 Å². The van der Waals surface area contributed by atoms with Gasteiger partial charge in [-0.2, -0.15) is 0 Å². The molecule has 6 rings (SSSR count). The summed E-state index contributed by atoms with van der Waals surface area (Å²) in [6.45, 7) is 14.0. The van der Waals surface area contributed by atoms with Gasteiger partial charge in [0, 0.05) is 0 Å². The van der Waals surface area contributed by atoms with E-state index in [0.29, 0.717) is 19.2 Å². The van der Waals surface area contributed by atoms with Crippen LogP contribution in [0.15, 0.2) is 97.1 Å². The van der Waals surface area contributed by atoms with E-state index in [0.717, 1.165) is 0 Å². The summed E-state index contributed by atoms with van der Waals surface area (Å²) in [5, 5.41) is 0. The van der Waals surface area contributed by atoms with Gasteiger partial charge in [-0.05, 0) is 0 Å². The summed E-state index contributed by atoms with van der Waals surface area (Å²) in [6, 6.07) is 32.7. The van der Waals surface area contributed by atoms with Crippen LogP contribution in [0.25, 0.3) is 34.4 Å². The van der Waals surface area contributed by atoms with E-state index in [1.165, 1.54) is 59.8 Å². The van der Waals surface area contributed by atoms with Crippen LogP contribution in [0, 0.1) is 0 Å². The van der Waals surface area contributed by atoms with Crippen LogP contribution in [0.5, 0.6) is 0 Å². The topological polar surface area (TPSA) is 0 Å². The summed E-state index contributed by atoms with van der Waals surface area (Å²) in [5.41, 5.74) is 14.1. The summed E-state index contributed by atoms with van der Waals surface area (Å²) in [4.78, 5) is 0. The third-order valence-electron chi connectivity index (χ3n) is 12.5. The van der Waals surface area contributed by atoms with Crippen LogP contribution < -0.4 is 0 Å². The molecule has 0 aromatic heterocycles. The fraction of sp³-hybridized carbons (Fsp3) is 0.317. The molecule has 4 aromatic carbocycles. The van der Waals surface area contributed by atoms with Crippen LogP contribution in [0.4, 0.5) is 0 Å². The van der Waals surface area contributed by atoms with Crippen molar-refractivity contribution in [3.63, 3.8) is 0 Å². The standard InChI is InChI=1S/2C18H17.C2H5.3CH3.Hf.H2Si/c2*1-13(2)14-9-11-16(12-10-14)18-8-4-6-15-5-3-7-17(15)18;1-2;;;;;/h2*3-13H,1-2H3;1H2,2H3;3*1H3;;1H2. The van der Waals surface area contributed by atoms with Crippen molar-refractivity contribution in [1.29, 1.82) is 0 Å². The first kappa shape index (κ1) is 30.5. The molecule has 4 aromatic rings. The second-order valence-electron chi connectivity index (χ2n) is 17.8. The minimum atomic E-state index is -4.82. The molecule has 2 atom stereocenters. The van der Waals surface area contributed by atoms with Crippen LogP contribution >= 0.6 is 0 Å². The molecule has 0 aliphatic heterocycles. The normalized spacial score (nSPS) is 20.0. The zero-order valence-electron chi connectivity index (χ0n) is 27.6. The van der Waals surface area contributed by atoms with Gasteiger partial charge in [-0.3, -0.25) is 0 Å². The fourth-order valence-electron chi connectivity index (χ4n) is 8.42. The summed E-state index contributed by atoms with van der Waals surface area (Å²) < 4.78 is 10.4. The van der Waals surface area contributed by atoms with E-state index in [2.05, 4.69) is 165 Å². The minimum absolute atomic E-state index is 0.423. The third-order valence-corrected chi connectivity index (χ3v) is 62.0. The molecule has 0 nitrogen and oxygen atoms in total. The average Bonchev–Trinajstić information content (AvgIpc) is 3.64. The third kappa shape index (κ3) is 4.62. The maximum atomic E-state index is 2.78. The first-order chi connectivity index (χ1) is 20.1. The van der Waals surface area contributed by atoms with Gasteiger partial charge in [-0.1, -0.05) is 0 Å². The van der Waals surface area contributed by atoms with Crippen LogP contribution in [-0.2, 0) is 14.2 Å². The Morgan fingerprint density at radius 1 is 0.581 bits per heavy atom. The van der Waals surface area contributed by atoms with Gasteiger partial charge in [0.05, 0.1) is 0 Å². The van der Waals surface area contributed by atoms with Gasteiger partial charge in [-0.25, -0.2) is 0 Å². The molecule has 0 saturated heterocycles. The van der Waals surface area contributed by atoms with E-state index in [1.54, 1.807) is 0 Å². The number of hydrogen-bond donors (Lipinski definition) is 0. The van der Waals surface area contributed by atoms with Gasteiger partial charge in [-0.15, -0.1) is 0 Å². The molecule has 2 heteroatoms. The zero-order valence-corrected chi connectivity index (χ0v) is 32.6. The van der Waals surface area contributed by atoms with Gasteiger partial charge < -0.3 is 0 Å². The molecule has 0 amide bonds. The molecule has 2 aliphatic rings. The number of allylic oxidation sites excluding steroid dienone is 2. The first-order valence-electron chi connectivity index (χ1n) is 16.5. The SMILES string of the molecule is C[CH2][Hf]([CH3])([CH3])([CH3])(=[SiH2])([CH]1C=Cc2c(-c3ccc(C(C)C)cc3)cccc21)[CH]1C=Cc2c(-c3ccc(C(C)C)cc3)cccc21. The monoisotopic (exact) mass is 750 g/mol. The number of hydrogen-bond acceptors (Lipinski definition) is 0. The molecule has 0 spiro atoms. The molecule has 43 heavy (non-hydrogen) atoms. The van der Waals surface area contributed by atoms with E-state index < -0.39 is 14.2 Å².